The van der Waals surface area contributed by atoms with Gasteiger partial charge < -0.3 is 4.74 Å². The first kappa shape index (κ1) is 14.0. The summed E-state index contributed by atoms with van der Waals surface area (Å²) >= 11 is 0. The van der Waals surface area contributed by atoms with Crippen LogP contribution in [0.15, 0.2) is 24.3 Å². The summed E-state index contributed by atoms with van der Waals surface area (Å²) in [6.45, 7) is 4.78. The minimum atomic E-state index is -0.0833. The number of aromatic nitrogens is 2. The number of hydrogen-bond acceptors (Lipinski definition) is 5. The molecule has 0 bridgehead atoms. The highest BCUT2D eigenvalue weighted by atomic mass is 16.5. The molecule has 5 heteroatoms. The Balaban J connectivity index is 2.04. The summed E-state index contributed by atoms with van der Waals surface area (Å²) in [5.41, 5.74) is 8.25. The van der Waals surface area contributed by atoms with Crippen LogP contribution in [0.5, 0.6) is 5.75 Å². The molecule has 0 saturated carbocycles. The molecule has 1 aliphatic rings. The molecule has 0 radical (unpaired) electrons. The van der Waals surface area contributed by atoms with Crippen molar-refractivity contribution >= 4 is 0 Å². The van der Waals surface area contributed by atoms with Crippen LogP contribution in [0.3, 0.4) is 0 Å². The molecule has 21 heavy (non-hydrogen) atoms. The lowest BCUT2D eigenvalue weighted by Crippen LogP contribution is -2.30. The number of nitrogens with zero attached hydrogens (tertiary/aromatic N) is 2. The van der Waals surface area contributed by atoms with E-state index < -0.39 is 0 Å². The SMILES string of the molecule is CCc1nnc(C)cc1C(NN)c1ccc2c(c1)CCO2. The molecule has 3 rings (SSSR count). The van der Waals surface area contributed by atoms with Crippen molar-refractivity contribution in [3.8, 4) is 5.75 Å². The van der Waals surface area contributed by atoms with E-state index in [1.165, 1.54) is 5.56 Å². The topological polar surface area (TPSA) is 73.1 Å². The van der Waals surface area contributed by atoms with Crippen molar-refractivity contribution in [3.05, 3.63) is 52.3 Å². The van der Waals surface area contributed by atoms with Crippen molar-refractivity contribution in [1.82, 2.24) is 15.6 Å². The Bertz CT molecular complexity index is 657. The minimum absolute atomic E-state index is 0.0833. The van der Waals surface area contributed by atoms with E-state index in [1.54, 1.807) is 0 Å². The van der Waals surface area contributed by atoms with Crippen LogP contribution < -0.4 is 16.0 Å². The third-order valence-corrected chi connectivity index (χ3v) is 3.89. The van der Waals surface area contributed by atoms with E-state index in [4.69, 9.17) is 10.6 Å². The molecule has 2 heterocycles. The lowest BCUT2D eigenvalue weighted by atomic mass is 9.95. The molecule has 0 saturated heterocycles. The molecule has 0 amide bonds. The molecular weight excluding hydrogens is 264 g/mol. The molecule has 2 aromatic rings. The summed E-state index contributed by atoms with van der Waals surface area (Å²) in [6.07, 6.45) is 1.78. The van der Waals surface area contributed by atoms with Crippen LogP contribution in [0, 0.1) is 6.92 Å². The average molecular weight is 284 g/mol. The van der Waals surface area contributed by atoms with Crippen LogP contribution in [0.2, 0.25) is 0 Å². The standard InChI is InChI=1S/C16H20N4O/c1-3-14-13(8-10(2)19-20-14)16(18-17)12-4-5-15-11(9-12)6-7-21-15/h4-5,8-9,16,18H,3,6-7,17H2,1-2H3. The molecule has 1 unspecified atom stereocenters. The van der Waals surface area contributed by atoms with Crippen molar-refractivity contribution in [2.45, 2.75) is 32.7 Å². The molecule has 0 aliphatic carbocycles. The van der Waals surface area contributed by atoms with Gasteiger partial charge in [0.25, 0.3) is 0 Å². The maximum absolute atomic E-state index is 5.83. The Labute approximate surface area is 124 Å². The molecule has 110 valence electrons. The van der Waals surface area contributed by atoms with Gasteiger partial charge in [0, 0.05) is 12.0 Å². The van der Waals surface area contributed by atoms with E-state index in [1.807, 2.05) is 13.0 Å². The van der Waals surface area contributed by atoms with Crippen molar-refractivity contribution in [2.75, 3.05) is 6.61 Å². The van der Waals surface area contributed by atoms with Crippen LogP contribution in [0.25, 0.3) is 0 Å². The molecule has 1 aliphatic heterocycles. The first-order valence-electron chi connectivity index (χ1n) is 7.27. The number of aryl methyl sites for hydroxylation is 2. The number of benzene rings is 1. The Hall–Kier alpha value is -1.98. The number of hydrazine groups is 1. The van der Waals surface area contributed by atoms with Gasteiger partial charge >= 0.3 is 0 Å². The van der Waals surface area contributed by atoms with Crippen LogP contribution in [0.1, 0.15) is 41.0 Å². The first-order valence-corrected chi connectivity index (χ1v) is 7.27. The van der Waals surface area contributed by atoms with Gasteiger partial charge in [0.2, 0.25) is 0 Å². The summed E-state index contributed by atoms with van der Waals surface area (Å²) < 4.78 is 5.56. The Morgan fingerprint density at radius 2 is 2.19 bits per heavy atom. The zero-order valence-electron chi connectivity index (χ0n) is 12.4. The number of fused-ring (bicyclic) bond motifs is 1. The molecule has 0 spiro atoms. The quantitative estimate of drug-likeness (QED) is 0.662. The third-order valence-electron chi connectivity index (χ3n) is 3.89. The molecular formula is C16H20N4O. The third kappa shape index (κ3) is 2.62. The van der Waals surface area contributed by atoms with Gasteiger partial charge in [0.15, 0.2) is 0 Å². The first-order chi connectivity index (χ1) is 10.2. The van der Waals surface area contributed by atoms with Gasteiger partial charge in [-0.15, -0.1) is 0 Å². The largest absolute Gasteiger partial charge is 0.493 e. The second kappa shape index (κ2) is 5.79. The minimum Gasteiger partial charge on any atom is -0.493 e. The summed E-state index contributed by atoms with van der Waals surface area (Å²) in [7, 11) is 0. The van der Waals surface area contributed by atoms with E-state index in [2.05, 4.69) is 40.7 Å². The Morgan fingerprint density at radius 1 is 1.33 bits per heavy atom. The van der Waals surface area contributed by atoms with Crippen molar-refractivity contribution in [1.29, 1.82) is 0 Å². The summed E-state index contributed by atoms with van der Waals surface area (Å²) in [5.74, 6) is 6.81. The maximum atomic E-state index is 5.83. The van der Waals surface area contributed by atoms with E-state index >= 15 is 0 Å². The summed E-state index contributed by atoms with van der Waals surface area (Å²) in [4.78, 5) is 0. The van der Waals surface area contributed by atoms with Gasteiger partial charge in [-0.05, 0) is 36.6 Å². The highest BCUT2D eigenvalue weighted by molar-refractivity contribution is 5.44. The smallest absolute Gasteiger partial charge is 0.122 e. The second-order valence-electron chi connectivity index (χ2n) is 5.31. The van der Waals surface area contributed by atoms with Gasteiger partial charge in [-0.1, -0.05) is 19.1 Å². The van der Waals surface area contributed by atoms with Gasteiger partial charge in [-0.3, -0.25) is 5.84 Å². The Kier molecular flexibility index (Phi) is 3.86. The molecule has 1 aromatic carbocycles. The van der Waals surface area contributed by atoms with Crippen molar-refractivity contribution in [3.63, 3.8) is 0 Å². The zero-order valence-corrected chi connectivity index (χ0v) is 12.4. The predicted octanol–water partition coefficient (Wildman–Crippen LogP) is 1.84. The highest BCUT2D eigenvalue weighted by Crippen LogP contribution is 2.31. The van der Waals surface area contributed by atoms with Gasteiger partial charge in [-0.25, -0.2) is 5.43 Å². The zero-order chi connectivity index (χ0) is 14.8. The summed E-state index contributed by atoms with van der Waals surface area (Å²) in [6, 6.07) is 8.22. The fourth-order valence-corrected chi connectivity index (χ4v) is 2.81. The maximum Gasteiger partial charge on any atom is 0.122 e. The molecule has 0 fully saturated rings. The monoisotopic (exact) mass is 284 g/mol. The second-order valence-corrected chi connectivity index (χ2v) is 5.31. The number of rotatable bonds is 4. The lowest BCUT2D eigenvalue weighted by Gasteiger charge is -2.20. The van der Waals surface area contributed by atoms with E-state index in [9.17, 15) is 0 Å². The van der Waals surface area contributed by atoms with Crippen LogP contribution in [0.4, 0.5) is 0 Å². The normalized spacial score (nSPS) is 14.6. The number of hydrogen-bond donors (Lipinski definition) is 2. The fourth-order valence-electron chi connectivity index (χ4n) is 2.81. The van der Waals surface area contributed by atoms with Gasteiger partial charge in [0.05, 0.1) is 24.0 Å². The number of ether oxygens (including phenoxy) is 1. The van der Waals surface area contributed by atoms with Crippen molar-refractivity contribution in [2.24, 2.45) is 5.84 Å². The lowest BCUT2D eigenvalue weighted by molar-refractivity contribution is 0.357. The molecule has 1 atom stereocenters. The van der Waals surface area contributed by atoms with E-state index in [-0.39, 0.29) is 6.04 Å². The van der Waals surface area contributed by atoms with Gasteiger partial charge in [0.1, 0.15) is 5.75 Å². The summed E-state index contributed by atoms with van der Waals surface area (Å²) in [5, 5.41) is 8.43. The number of nitrogens with two attached hydrogens (primary N) is 1. The average Bonchev–Trinajstić information content (AvgIpc) is 2.96. The van der Waals surface area contributed by atoms with Crippen LogP contribution >= 0.6 is 0 Å². The predicted molar refractivity (Wildman–Crippen MR) is 81.0 cm³/mol. The van der Waals surface area contributed by atoms with Crippen LogP contribution in [-0.4, -0.2) is 16.8 Å². The van der Waals surface area contributed by atoms with E-state index in [0.717, 1.165) is 47.7 Å². The molecule has 5 nitrogen and oxygen atoms in total. The van der Waals surface area contributed by atoms with E-state index in [0.29, 0.717) is 0 Å². The van der Waals surface area contributed by atoms with Crippen molar-refractivity contribution < 1.29 is 4.74 Å². The van der Waals surface area contributed by atoms with Crippen LogP contribution in [-0.2, 0) is 12.8 Å². The Morgan fingerprint density at radius 3 is 2.95 bits per heavy atom. The fraction of sp³-hybridized carbons (Fsp3) is 0.375. The highest BCUT2D eigenvalue weighted by Gasteiger charge is 2.20. The molecule has 3 N–H and O–H groups in total. The number of nitrogens with one attached hydrogen (secondary N) is 1. The molecule has 1 aromatic heterocycles. The van der Waals surface area contributed by atoms with Gasteiger partial charge in [-0.2, -0.15) is 10.2 Å².